The maximum absolute atomic E-state index is 12.6. The molecule has 0 aliphatic heterocycles. The van der Waals surface area contributed by atoms with Crippen molar-refractivity contribution in [2.24, 2.45) is 11.3 Å². The van der Waals surface area contributed by atoms with Crippen LogP contribution in [0.5, 0.6) is 0 Å². The molecule has 2 nitrogen and oxygen atoms in total. The summed E-state index contributed by atoms with van der Waals surface area (Å²) in [5.41, 5.74) is -0.571. The monoisotopic (exact) mass is 279 g/mol. The maximum atomic E-state index is 12.6. The largest absolute Gasteiger partial charge is 0.401 e. The molecular formula is C14H24F3NO. The van der Waals surface area contributed by atoms with Crippen LogP contribution >= 0.6 is 0 Å². The lowest BCUT2D eigenvalue weighted by Crippen LogP contribution is -2.45. The number of aldehydes is 1. The van der Waals surface area contributed by atoms with Gasteiger partial charge in [-0.05, 0) is 31.7 Å². The van der Waals surface area contributed by atoms with Crippen molar-refractivity contribution < 1.29 is 18.0 Å². The Morgan fingerprint density at radius 1 is 1.42 bits per heavy atom. The Hall–Kier alpha value is -0.580. The average molecular weight is 279 g/mol. The second-order valence-electron chi connectivity index (χ2n) is 6.01. The summed E-state index contributed by atoms with van der Waals surface area (Å²) in [5, 5.41) is 0. The van der Waals surface area contributed by atoms with Gasteiger partial charge in [0.05, 0.1) is 6.54 Å². The Bertz CT molecular complexity index is 293. The number of alkyl halides is 3. The van der Waals surface area contributed by atoms with Crippen LogP contribution in [0.1, 0.15) is 46.0 Å². The second-order valence-corrected chi connectivity index (χ2v) is 6.01. The van der Waals surface area contributed by atoms with Gasteiger partial charge in [-0.25, -0.2) is 0 Å². The van der Waals surface area contributed by atoms with E-state index in [4.69, 9.17) is 0 Å². The second kappa shape index (κ2) is 6.73. The van der Waals surface area contributed by atoms with Gasteiger partial charge in [-0.1, -0.05) is 26.7 Å². The zero-order valence-electron chi connectivity index (χ0n) is 11.8. The van der Waals surface area contributed by atoms with E-state index in [1.54, 1.807) is 0 Å². The van der Waals surface area contributed by atoms with Crippen LogP contribution in [0.15, 0.2) is 0 Å². The van der Waals surface area contributed by atoms with Crippen molar-refractivity contribution in [3.63, 3.8) is 0 Å². The minimum Gasteiger partial charge on any atom is -0.303 e. The molecule has 112 valence electrons. The number of hydrogen-bond donors (Lipinski definition) is 0. The summed E-state index contributed by atoms with van der Waals surface area (Å²) >= 11 is 0. The molecule has 2 atom stereocenters. The van der Waals surface area contributed by atoms with Gasteiger partial charge in [-0.2, -0.15) is 13.2 Å². The molecule has 2 unspecified atom stereocenters. The first-order chi connectivity index (χ1) is 8.80. The molecule has 1 aliphatic rings. The zero-order chi connectivity index (χ0) is 14.5. The molecule has 1 aliphatic carbocycles. The predicted molar refractivity (Wildman–Crippen MR) is 68.9 cm³/mol. The van der Waals surface area contributed by atoms with Gasteiger partial charge in [0, 0.05) is 12.0 Å². The van der Waals surface area contributed by atoms with Gasteiger partial charge < -0.3 is 4.79 Å². The summed E-state index contributed by atoms with van der Waals surface area (Å²) in [6, 6.07) is 0. The zero-order valence-corrected chi connectivity index (χ0v) is 11.8. The van der Waals surface area contributed by atoms with Crippen molar-refractivity contribution >= 4 is 6.29 Å². The quantitative estimate of drug-likeness (QED) is 0.692. The molecule has 1 saturated carbocycles. The molecule has 0 amide bonds. The van der Waals surface area contributed by atoms with E-state index < -0.39 is 18.1 Å². The van der Waals surface area contributed by atoms with Gasteiger partial charge in [0.25, 0.3) is 0 Å². The molecule has 0 spiro atoms. The number of nitrogens with zero attached hydrogens (tertiary/aromatic N) is 1. The lowest BCUT2D eigenvalue weighted by molar-refractivity contribution is -0.152. The Kier molecular flexibility index (Phi) is 5.83. The fourth-order valence-corrected chi connectivity index (χ4v) is 3.22. The first kappa shape index (κ1) is 16.5. The molecule has 0 radical (unpaired) electrons. The summed E-state index contributed by atoms with van der Waals surface area (Å²) < 4.78 is 37.7. The van der Waals surface area contributed by atoms with E-state index in [1.807, 2.05) is 6.92 Å². The summed E-state index contributed by atoms with van der Waals surface area (Å²) in [6.45, 7) is 3.66. The first-order valence-electron chi connectivity index (χ1n) is 7.06. The van der Waals surface area contributed by atoms with Gasteiger partial charge in [0.2, 0.25) is 0 Å². The van der Waals surface area contributed by atoms with E-state index in [-0.39, 0.29) is 6.54 Å². The Labute approximate surface area is 113 Å². The Morgan fingerprint density at radius 3 is 2.58 bits per heavy atom. The molecular weight excluding hydrogens is 255 g/mol. The van der Waals surface area contributed by atoms with E-state index in [0.29, 0.717) is 25.3 Å². The standard InChI is InChI=1S/C14H24F3NO/c1-3-7-18(10-14(15,16)17)9-13(11-19)6-4-5-12(2)8-13/h11-12H,3-10H2,1-2H3. The van der Waals surface area contributed by atoms with Gasteiger partial charge in [-0.15, -0.1) is 0 Å². The highest BCUT2D eigenvalue weighted by Crippen LogP contribution is 2.38. The summed E-state index contributed by atoms with van der Waals surface area (Å²) in [7, 11) is 0. The normalized spacial score (nSPS) is 28.6. The number of hydrogen-bond acceptors (Lipinski definition) is 2. The smallest absolute Gasteiger partial charge is 0.303 e. The highest BCUT2D eigenvalue weighted by Gasteiger charge is 2.39. The molecule has 0 bridgehead atoms. The van der Waals surface area contributed by atoms with Crippen molar-refractivity contribution in [3.8, 4) is 0 Å². The molecule has 19 heavy (non-hydrogen) atoms. The van der Waals surface area contributed by atoms with Gasteiger partial charge in [-0.3, -0.25) is 4.90 Å². The van der Waals surface area contributed by atoms with Crippen LogP contribution in [-0.2, 0) is 4.79 Å². The lowest BCUT2D eigenvalue weighted by Gasteiger charge is -2.39. The van der Waals surface area contributed by atoms with Crippen LogP contribution in [0.2, 0.25) is 0 Å². The minimum absolute atomic E-state index is 0.244. The maximum Gasteiger partial charge on any atom is 0.401 e. The summed E-state index contributed by atoms with van der Waals surface area (Å²) in [6.07, 6.45) is 0.823. The third-order valence-electron chi connectivity index (χ3n) is 3.86. The van der Waals surface area contributed by atoms with E-state index in [1.165, 1.54) is 4.90 Å². The van der Waals surface area contributed by atoms with Crippen molar-refractivity contribution in [2.45, 2.75) is 52.1 Å². The fraction of sp³-hybridized carbons (Fsp3) is 0.929. The van der Waals surface area contributed by atoms with Gasteiger partial charge >= 0.3 is 6.18 Å². The van der Waals surface area contributed by atoms with Gasteiger partial charge in [0.1, 0.15) is 6.29 Å². The van der Waals surface area contributed by atoms with Crippen LogP contribution in [0.4, 0.5) is 13.2 Å². The molecule has 5 heteroatoms. The SMILES string of the molecule is CCCN(CC(F)(F)F)CC1(C=O)CCCC(C)C1. The summed E-state index contributed by atoms with van der Waals surface area (Å²) in [4.78, 5) is 12.8. The highest BCUT2D eigenvalue weighted by atomic mass is 19.4. The van der Waals surface area contributed by atoms with E-state index in [9.17, 15) is 18.0 Å². The number of rotatable bonds is 6. The van der Waals surface area contributed by atoms with Crippen LogP contribution in [-0.4, -0.2) is 37.0 Å². The van der Waals surface area contributed by atoms with Crippen LogP contribution < -0.4 is 0 Å². The van der Waals surface area contributed by atoms with E-state index in [0.717, 1.165) is 25.5 Å². The van der Waals surface area contributed by atoms with Crippen molar-refractivity contribution in [1.82, 2.24) is 4.90 Å². The van der Waals surface area contributed by atoms with Crippen molar-refractivity contribution in [1.29, 1.82) is 0 Å². The predicted octanol–water partition coefficient (Wildman–Crippen LogP) is 3.66. The van der Waals surface area contributed by atoms with Crippen LogP contribution in [0.3, 0.4) is 0 Å². The highest BCUT2D eigenvalue weighted by molar-refractivity contribution is 5.60. The molecule has 0 heterocycles. The molecule has 0 N–H and O–H groups in total. The molecule has 0 aromatic carbocycles. The van der Waals surface area contributed by atoms with E-state index >= 15 is 0 Å². The van der Waals surface area contributed by atoms with E-state index in [2.05, 4.69) is 6.92 Å². The topological polar surface area (TPSA) is 20.3 Å². The number of halogens is 3. The number of carbonyl (C=O) groups excluding carboxylic acids is 1. The lowest BCUT2D eigenvalue weighted by atomic mass is 9.70. The Balaban J connectivity index is 2.71. The van der Waals surface area contributed by atoms with Crippen LogP contribution in [0, 0.1) is 11.3 Å². The summed E-state index contributed by atoms with van der Waals surface area (Å²) in [5.74, 6) is 0.424. The molecule has 0 aromatic heterocycles. The van der Waals surface area contributed by atoms with Crippen molar-refractivity contribution in [3.05, 3.63) is 0 Å². The van der Waals surface area contributed by atoms with Gasteiger partial charge in [0.15, 0.2) is 0 Å². The number of carbonyl (C=O) groups is 1. The first-order valence-corrected chi connectivity index (χ1v) is 7.06. The van der Waals surface area contributed by atoms with Crippen molar-refractivity contribution in [2.75, 3.05) is 19.6 Å². The molecule has 0 saturated heterocycles. The third-order valence-corrected chi connectivity index (χ3v) is 3.86. The Morgan fingerprint density at radius 2 is 2.11 bits per heavy atom. The minimum atomic E-state index is -4.19. The third kappa shape index (κ3) is 5.51. The fourth-order valence-electron chi connectivity index (χ4n) is 3.22. The molecule has 0 aromatic rings. The average Bonchev–Trinajstić information content (AvgIpc) is 2.27. The van der Waals surface area contributed by atoms with Crippen LogP contribution in [0.25, 0.3) is 0 Å². The molecule has 1 fully saturated rings. The molecule has 1 rings (SSSR count).